The van der Waals surface area contributed by atoms with Gasteiger partial charge in [0.05, 0.1) is 13.2 Å². The van der Waals surface area contributed by atoms with Crippen molar-refractivity contribution in [1.82, 2.24) is 14.8 Å². The molecule has 1 aromatic heterocycles. The number of rotatable bonds is 3. The van der Waals surface area contributed by atoms with Gasteiger partial charge in [-0.3, -0.25) is 14.8 Å². The van der Waals surface area contributed by atoms with Crippen molar-refractivity contribution in [3.8, 4) is 5.75 Å². The van der Waals surface area contributed by atoms with Crippen molar-refractivity contribution in [1.29, 1.82) is 0 Å². The maximum Gasteiger partial charge on any atom is 0.142 e. The molecule has 0 spiro atoms. The highest BCUT2D eigenvalue weighted by molar-refractivity contribution is 5.30. The second-order valence-corrected chi connectivity index (χ2v) is 5.02. The zero-order valence-corrected chi connectivity index (χ0v) is 10.7. The summed E-state index contributed by atoms with van der Waals surface area (Å²) < 4.78 is 5.36. The van der Waals surface area contributed by atoms with Gasteiger partial charge < -0.3 is 10.5 Å². The molecule has 0 amide bonds. The molecule has 3 aliphatic heterocycles. The van der Waals surface area contributed by atoms with Crippen LogP contribution in [0.2, 0.25) is 0 Å². The Bertz CT molecular complexity index is 417. The first kappa shape index (κ1) is 11.9. The summed E-state index contributed by atoms with van der Waals surface area (Å²) in [5.41, 5.74) is 7.30. The Morgan fingerprint density at radius 2 is 2.17 bits per heavy atom. The van der Waals surface area contributed by atoms with Crippen LogP contribution in [0, 0.1) is 0 Å². The van der Waals surface area contributed by atoms with Crippen LogP contribution >= 0.6 is 0 Å². The van der Waals surface area contributed by atoms with E-state index in [1.807, 2.05) is 12.1 Å². The molecule has 3 aliphatic rings. The number of fused-ring (bicyclic) bond motifs is 3. The molecular formula is C13H20N4O. The van der Waals surface area contributed by atoms with E-state index in [0.29, 0.717) is 6.04 Å². The molecule has 0 radical (unpaired) electrons. The van der Waals surface area contributed by atoms with Crippen LogP contribution in [0.4, 0.5) is 0 Å². The molecule has 2 N–H and O–H groups in total. The van der Waals surface area contributed by atoms with E-state index in [-0.39, 0.29) is 6.04 Å². The summed E-state index contributed by atoms with van der Waals surface area (Å²) in [6.45, 7) is 5.62. The molecular weight excluding hydrogens is 228 g/mol. The van der Waals surface area contributed by atoms with Crippen LogP contribution in [0.15, 0.2) is 18.3 Å². The van der Waals surface area contributed by atoms with E-state index in [0.717, 1.165) is 31.1 Å². The Labute approximate surface area is 108 Å². The Hall–Kier alpha value is -1.17. The largest absolute Gasteiger partial charge is 0.495 e. The maximum atomic E-state index is 6.42. The van der Waals surface area contributed by atoms with Gasteiger partial charge in [0.25, 0.3) is 0 Å². The minimum atomic E-state index is -0.0794. The standard InChI is InChI=1S/C13H20N4O/c1-18-11-3-2-4-15-13(11)12(14)10-9-16-5-7-17(10)8-6-16/h2-4,10,12H,5-9,14H2,1H3. The van der Waals surface area contributed by atoms with Gasteiger partial charge in [0.1, 0.15) is 11.4 Å². The number of hydrogen-bond acceptors (Lipinski definition) is 5. The van der Waals surface area contributed by atoms with Crippen molar-refractivity contribution >= 4 is 0 Å². The average Bonchev–Trinajstić information content (AvgIpc) is 2.47. The summed E-state index contributed by atoms with van der Waals surface area (Å²) in [6, 6.07) is 4.09. The minimum absolute atomic E-state index is 0.0794. The molecule has 1 aromatic rings. The highest BCUT2D eigenvalue weighted by Gasteiger charge is 2.37. The number of piperazine rings is 3. The predicted molar refractivity (Wildman–Crippen MR) is 69.5 cm³/mol. The third kappa shape index (κ3) is 1.98. The summed E-state index contributed by atoms with van der Waals surface area (Å²) >= 11 is 0. The Morgan fingerprint density at radius 3 is 2.78 bits per heavy atom. The van der Waals surface area contributed by atoms with Crippen molar-refractivity contribution < 1.29 is 4.74 Å². The lowest BCUT2D eigenvalue weighted by atomic mass is 9.97. The lowest BCUT2D eigenvalue weighted by molar-refractivity contribution is 0.00130. The van der Waals surface area contributed by atoms with E-state index < -0.39 is 0 Å². The number of methoxy groups -OCH3 is 1. The fraction of sp³-hybridized carbons (Fsp3) is 0.615. The summed E-state index contributed by atoms with van der Waals surface area (Å²) in [4.78, 5) is 9.38. The zero-order chi connectivity index (χ0) is 12.5. The molecule has 3 saturated heterocycles. The van der Waals surface area contributed by atoms with Gasteiger partial charge in [0.2, 0.25) is 0 Å². The normalized spacial score (nSPS) is 32.2. The summed E-state index contributed by atoms with van der Waals surface area (Å²) in [5, 5.41) is 0. The lowest BCUT2D eigenvalue weighted by Gasteiger charge is -2.49. The van der Waals surface area contributed by atoms with E-state index in [4.69, 9.17) is 10.5 Å². The van der Waals surface area contributed by atoms with Gasteiger partial charge >= 0.3 is 0 Å². The van der Waals surface area contributed by atoms with E-state index in [1.165, 1.54) is 13.1 Å². The topological polar surface area (TPSA) is 54.6 Å². The van der Waals surface area contributed by atoms with Crippen LogP contribution in [-0.2, 0) is 0 Å². The predicted octanol–water partition coefficient (Wildman–Crippen LogP) is 0.0898. The number of pyridine rings is 1. The van der Waals surface area contributed by atoms with Crippen LogP contribution < -0.4 is 10.5 Å². The van der Waals surface area contributed by atoms with Crippen LogP contribution in [0.5, 0.6) is 5.75 Å². The fourth-order valence-corrected chi connectivity index (χ4v) is 3.01. The Balaban J connectivity index is 1.83. The third-order valence-corrected chi connectivity index (χ3v) is 4.07. The van der Waals surface area contributed by atoms with Crippen LogP contribution in [0.25, 0.3) is 0 Å². The van der Waals surface area contributed by atoms with Gasteiger partial charge in [-0.05, 0) is 12.1 Å². The van der Waals surface area contributed by atoms with Gasteiger partial charge in [0, 0.05) is 45.0 Å². The monoisotopic (exact) mass is 248 g/mol. The number of nitrogens with two attached hydrogens (primary N) is 1. The fourth-order valence-electron chi connectivity index (χ4n) is 3.01. The van der Waals surface area contributed by atoms with Gasteiger partial charge in [-0.25, -0.2) is 0 Å². The molecule has 5 heteroatoms. The van der Waals surface area contributed by atoms with Gasteiger partial charge in [0.15, 0.2) is 0 Å². The molecule has 5 nitrogen and oxygen atoms in total. The maximum absolute atomic E-state index is 6.42. The third-order valence-electron chi connectivity index (χ3n) is 4.07. The zero-order valence-electron chi connectivity index (χ0n) is 10.7. The van der Waals surface area contributed by atoms with Crippen LogP contribution in [0.1, 0.15) is 11.7 Å². The van der Waals surface area contributed by atoms with E-state index in [9.17, 15) is 0 Å². The highest BCUT2D eigenvalue weighted by atomic mass is 16.5. The van der Waals surface area contributed by atoms with Crippen molar-refractivity contribution in [3.63, 3.8) is 0 Å². The smallest absolute Gasteiger partial charge is 0.142 e. The summed E-state index contributed by atoms with van der Waals surface area (Å²) in [7, 11) is 1.67. The Morgan fingerprint density at radius 1 is 1.39 bits per heavy atom. The van der Waals surface area contributed by atoms with Crippen molar-refractivity contribution in [3.05, 3.63) is 24.0 Å². The molecule has 4 heterocycles. The minimum Gasteiger partial charge on any atom is -0.495 e. The van der Waals surface area contributed by atoms with Crippen LogP contribution in [-0.4, -0.2) is 60.7 Å². The number of hydrogen-bond donors (Lipinski definition) is 1. The van der Waals surface area contributed by atoms with E-state index in [1.54, 1.807) is 13.3 Å². The molecule has 18 heavy (non-hydrogen) atoms. The number of nitrogens with zero attached hydrogens (tertiary/aromatic N) is 3. The molecule has 0 aliphatic carbocycles. The molecule has 3 fully saturated rings. The molecule has 0 aromatic carbocycles. The second kappa shape index (κ2) is 4.84. The number of aromatic nitrogens is 1. The average molecular weight is 248 g/mol. The van der Waals surface area contributed by atoms with Gasteiger partial charge in [-0.1, -0.05) is 0 Å². The van der Waals surface area contributed by atoms with Gasteiger partial charge in [-0.15, -0.1) is 0 Å². The molecule has 2 bridgehead atoms. The highest BCUT2D eigenvalue weighted by Crippen LogP contribution is 2.29. The molecule has 98 valence electrons. The quantitative estimate of drug-likeness (QED) is 0.821. The van der Waals surface area contributed by atoms with Crippen LogP contribution in [0.3, 0.4) is 0 Å². The van der Waals surface area contributed by atoms with Crippen molar-refractivity contribution in [2.75, 3.05) is 39.8 Å². The molecule has 2 unspecified atom stereocenters. The first-order valence-electron chi connectivity index (χ1n) is 6.50. The molecule has 0 saturated carbocycles. The van der Waals surface area contributed by atoms with E-state index in [2.05, 4.69) is 14.8 Å². The lowest BCUT2D eigenvalue weighted by Crippen LogP contribution is -2.63. The second-order valence-electron chi connectivity index (χ2n) is 5.02. The van der Waals surface area contributed by atoms with Crippen molar-refractivity contribution in [2.24, 2.45) is 5.73 Å². The van der Waals surface area contributed by atoms with E-state index >= 15 is 0 Å². The molecule has 4 rings (SSSR count). The number of ether oxygens (including phenoxy) is 1. The first-order valence-corrected chi connectivity index (χ1v) is 6.50. The summed E-state index contributed by atoms with van der Waals surface area (Å²) in [5.74, 6) is 0.794. The SMILES string of the molecule is COc1cccnc1C(N)C1CN2CCN1CC2. The molecule has 2 atom stereocenters. The van der Waals surface area contributed by atoms with Crippen molar-refractivity contribution in [2.45, 2.75) is 12.1 Å². The Kier molecular flexibility index (Phi) is 3.20. The summed E-state index contributed by atoms with van der Waals surface area (Å²) in [6.07, 6.45) is 1.79. The first-order chi connectivity index (χ1) is 8.79. The van der Waals surface area contributed by atoms with Gasteiger partial charge in [-0.2, -0.15) is 0 Å².